The van der Waals surface area contributed by atoms with E-state index in [4.69, 9.17) is 5.73 Å². The first-order chi connectivity index (χ1) is 7.85. The highest BCUT2D eigenvalue weighted by molar-refractivity contribution is 5.50. The number of hydrogen-bond acceptors (Lipinski definition) is 2. The summed E-state index contributed by atoms with van der Waals surface area (Å²) in [5.74, 6) is 0. The van der Waals surface area contributed by atoms with Gasteiger partial charge in [0.05, 0.1) is 0 Å². The van der Waals surface area contributed by atoms with Gasteiger partial charge in [0.25, 0.3) is 0 Å². The predicted octanol–water partition coefficient (Wildman–Crippen LogP) is 2.57. The van der Waals surface area contributed by atoms with Crippen molar-refractivity contribution in [2.75, 3.05) is 18.0 Å². The van der Waals surface area contributed by atoms with Crippen molar-refractivity contribution in [3.63, 3.8) is 0 Å². The molecule has 2 rings (SSSR count). The fraction of sp³-hybridized carbons (Fsp3) is 0.571. The summed E-state index contributed by atoms with van der Waals surface area (Å²) in [4.78, 5) is 2.47. The Labute approximate surface area is 98.4 Å². The molecule has 2 N–H and O–H groups in total. The Bertz CT molecular complexity index is 335. The summed E-state index contributed by atoms with van der Waals surface area (Å²) in [7, 11) is 0. The summed E-state index contributed by atoms with van der Waals surface area (Å²) < 4.78 is 0. The molecule has 0 aliphatic carbocycles. The van der Waals surface area contributed by atoms with Crippen LogP contribution < -0.4 is 10.6 Å². The van der Waals surface area contributed by atoms with Crippen molar-refractivity contribution in [1.82, 2.24) is 0 Å². The molecule has 0 amide bonds. The summed E-state index contributed by atoms with van der Waals surface area (Å²) in [6.07, 6.45) is 4.91. The first kappa shape index (κ1) is 11.5. The molecule has 0 bridgehead atoms. The van der Waals surface area contributed by atoms with Crippen molar-refractivity contribution in [3.05, 3.63) is 29.8 Å². The lowest BCUT2D eigenvalue weighted by Gasteiger charge is -2.26. The van der Waals surface area contributed by atoms with Crippen LogP contribution in [0.3, 0.4) is 0 Å². The third kappa shape index (κ3) is 2.38. The lowest BCUT2D eigenvalue weighted by atomic mass is 10.1. The second-order valence-electron chi connectivity index (χ2n) is 4.65. The second kappa shape index (κ2) is 5.35. The van der Waals surface area contributed by atoms with Crippen LogP contribution in [0, 0.1) is 0 Å². The molecule has 0 aromatic heterocycles. The fourth-order valence-electron chi connectivity index (χ4n) is 2.60. The summed E-state index contributed by atoms with van der Waals surface area (Å²) >= 11 is 0. The van der Waals surface area contributed by atoms with Gasteiger partial charge >= 0.3 is 0 Å². The minimum absolute atomic E-state index is 0.553. The maximum absolute atomic E-state index is 5.82. The van der Waals surface area contributed by atoms with Gasteiger partial charge in [-0.1, -0.05) is 25.5 Å². The minimum Gasteiger partial charge on any atom is -0.367 e. The average Bonchev–Trinajstić information content (AvgIpc) is 2.78. The molecule has 88 valence electrons. The van der Waals surface area contributed by atoms with Crippen LogP contribution in [-0.2, 0) is 6.42 Å². The number of rotatable bonds is 4. The second-order valence-corrected chi connectivity index (χ2v) is 4.65. The standard InChI is InChI=1S/C14H22N2/c1-2-5-12-6-3-7-13(10-12)16-9-4-8-14(16)11-15/h3,6-7,10,14H,2,4-5,8-9,11,15H2,1H3. The van der Waals surface area contributed by atoms with E-state index in [1.165, 1.54) is 36.9 Å². The van der Waals surface area contributed by atoms with Gasteiger partial charge in [0.1, 0.15) is 0 Å². The van der Waals surface area contributed by atoms with Crippen molar-refractivity contribution >= 4 is 5.69 Å². The molecule has 1 aliphatic rings. The number of benzene rings is 1. The topological polar surface area (TPSA) is 29.3 Å². The molecule has 1 aromatic carbocycles. The summed E-state index contributed by atoms with van der Waals surface area (Å²) in [5.41, 5.74) is 8.62. The molecule has 1 aliphatic heterocycles. The van der Waals surface area contributed by atoms with Crippen LogP contribution >= 0.6 is 0 Å². The highest BCUT2D eigenvalue weighted by atomic mass is 15.2. The first-order valence-corrected chi connectivity index (χ1v) is 6.40. The zero-order valence-corrected chi connectivity index (χ0v) is 10.2. The monoisotopic (exact) mass is 218 g/mol. The van der Waals surface area contributed by atoms with Crippen LogP contribution in [-0.4, -0.2) is 19.1 Å². The zero-order valence-electron chi connectivity index (χ0n) is 10.2. The molecule has 1 fully saturated rings. The summed E-state index contributed by atoms with van der Waals surface area (Å²) in [6.45, 7) is 4.17. The molecule has 16 heavy (non-hydrogen) atoms. The van der Waals surface area contributed by atoms with E-state index in [-0.39, 0.29) is 0 Å². The van der Waals surface area contributed by atoms with Crippen LogP contribution in [0.4, 0.5) is 5.69 Å². The lowest BCUT2D eigenvalue weighted by Crippen LogP contribution is -2.35. The number of nitrogens with zero attached hydrogens (tertiary/aromatic N) is 1. The van der Waals surface area contributed by atoms with E-state index in [9.17, 15) is 0 Å². The quantitative estimate of drug-likeness (QED) is 0.841. The molecular formula is C14H22N2. The predicted molar refractivity (Wildman–Crippen MR) is 69.9 cm³/mol. The van der Waals surface area contributed by atoms with E-state index < -0.39 is 0 Å². The van der Waals surface area contributed by atoms with E-state index in [0.717, 1.165) is 13.1 Å². The van der Waals surface area contributed by atoms with Crippen LogP contribution in [0.15, 0.2) is 24.3 Å². The van der Waals surface area contributed by atoms with Gasteiger partial charge in [-0.3, -0.25) is 0 Å². The highest BCUT2D eigenvalue weighted by Crippen LogP contribution is 2.25. The van der Waals surface area contributed by atoms with Crippen LogP contribution in [0.2, 0.25) is 0 Å². The number of nitrogens with two attached hydrogens (primary N) is 1. The largest absolute Gasteiger partial charge is 0.367 e. The van der Waals surface area contributed by atoms with Crippen LogP contribution in [0.25, 0.3) is 0 Å². The maximum Gasteiger partial charge on any atom is 0.0412 e. The zero-order chi connectivity index (χ0) is 11.4. The lowest BCUT2D eigenvalue weighted by molar-refractivity contribution is 0.677. The molecule has 0 radical (unpaired) electrons. The Morgan fingerprint density at radius 1 is 1.44 bits per heavy atom. The summed E-state index contributed by atoms with van der Waals surface area (Å²) in [5, 5.41) is 0. The smallest absolute Gasteiger partial charge is 0.0412 e. The molecule has 2 heteroatoms. The normalized spacial score (nSPS) is 20.4. The van der Waals surface area contributed by atoms with Gasteiger partial charge in [0.15, 0.2) is 0 Å². The Morgan fingerprint density at radius 3 is 3.06 bits per heavy atom. The van der Waals surface area contributed by atoms with Gasteiger partial charge in [-0.05, 0) is 37.0 Å². The third-order valence-corrected chi connectivity index (χ3v) is 3.43. The van der Waals surface area contributed by atoms with E-state index >= 15 is 0 Å². The molecule has 1 unspecified atom stereocenters. The summed E-state index contributed by atoms with van der Waals surface area (Å²) in [6, 6.07) is 9.49. The van der Waals surface area contributed by atoms with E-state index in [1.807, 2.05) is 0 Å². The highest BCUT2D eigenvalue weighted by Gasteiger charge is 2.23. The number of anilines is 1. The van der Waals surface area contributed by atoms with Gasteiger partial charge in [-0.15, -0.1) is 0 Å². The van der Waals surface area contributed by atoms with E-state index in [2.05, 4.69) is 36.1 Å². The number of aryl methyl sites for hydroxylation is 1. The van der Waals surface area contributed by atoms with Crippen molar-refractivity contribution in [2.45, 2.75) is 38.6 Å². The first-order valence-electron chi connectivity index (χ1n) is 6.40. The Hall–Kier alpha value is -1.02. The van der Waals surface area contributed by atoms with Crippen molar-refractivity contribution in [3.8, 4) is 0 Å². The van der Waals surface area contributed by atoms with Crippen molar-refractivity contribution < 1.29 is 0 Å². The minimum atomic E-state index is 0.553. The molecule has 0 spiro atoms. The molecule has 1 aromatic rings. The Morgan fingerprint density at radius 2 is 2.31 bits per heavy atom. The van der Waals surface area contributed by atoms with Crippen LogP contribution in [0.5, 0.6) is 0 Å². The SMILES string of the molecule is CCCc1cccc(N2CCCC2CN)c1. The van der Waals surface area contributed by atoms with Crippen LogP contribution in [0.1, 0.15) is 31.7 Å². The van der Waals surface area contributed by atoms with Crippen molar-refractivity contribution in [1.29, 1.82) is 0 Å². The van der Waals surface area contributed by atoms with E-state index in [1.54, 1.807) is 0 Å². The number of hydrogen-bond donors (Lipinski definition) is 1. The van der Waals surface area contributed by atoms with Gasteiger partial charge in [-0.25, -0.2) is 0 Å². The molecule has 0 saturated carbocycles. The van der Waals surface area contributed by atoms with Gasteiger partial charge < -0.3 is 10.6 Å². The average molecular weight is 218 g/mol. The maximum atomic E-state index is 5.82. The van der Waals surface area contributed by atoms with E-state index in [0.29, 0.717) is 6.04 Å². The molecule has 1 heterocycles. The molecule has 2 nitrogen and oxygen atoms in total. The van der Waals surface area contributed by atoms with Crippen molar-refractivity contribution in [2.24, 2.45) is 5.73 Å². The third-order valence-electron chi connectivity index (χ3n) is 3.43. The van der Waals surface area contributed by atoms with Gasteiger partial charge in [0.2, 0.25) is 0 Å². The van der Waals surface area contributed by atoms with Gasteiger partial charge in [0, 0.05) is 24.8 Å². The Kier molecular flexibility index (Phi) is 3.83. The molecular weight excluding hydrogens is 196 g/mol. The Balaban J connectivity index is 2.16. The molecule has 1 atom stereocenters. The molecule has 1 saturated heterocycles. The van der Waals surface area contributed by atoms with Gasteiger partial charge in [-0.2, -0.15) is 0 Å². The fourth-order valence-corrected chi connectivity index (χ4v) is 2.60.